The molecule has 1 N–H and O–H groups in total. The molecule has 5 heteroatoms. The molecule has 0 aliphatic heterocycles. The first kappa shape index (κ1) is 16.2. The molecule has 4 aromatic rings. The van der Waals surface area contributed by atoms with Crippen molar-refractivity contribution in [3.63, 3.8) is 0 Å². The number of nitrogens with zero attached hydrogens (tertiary/aromatic N) is 1. The fourth-order valence-corrected chi connectivity index (χ4v) is 3.49. The number of fused-ring (bicyclic) bond motifs is 1. The largest absolute Gasteiger partial charge is 0.298 e. The van der Waals surface area contributed by atoms with Gasteiger partial charge in [0.2, 0.25) is 0 Å². The number of anilines is 1. The molecule has 4 rings (SSSR count). The third-order valence-electron chi connectivity index (χ3n) is 3.96. The number of nitrogens with one attached hydrogen (secondary N) is 1. The van der Waals surface area contributed by atoms with Crippen LogP contribution >= 0.6 is 11.3 Å². The Morgan fingerprint density at radius 3 is 2.08 bits per heavy atom. The molecule has 0 aliphatic rings. The number of ketones is 1. The van der Waals surface area contributed by atoms with Crippen molar-refractivity contribution in [2.45, 2.75) is 0 Å². The van der Waals surface area contributed by atoms with Crippen molar-refractivity contribution >= 4 is 38.4 Å². The Kier molecular flexibility index (Phi) is 4.29. The van der Waals surface area contributed by atoms with Gasteiger partial charge >= 0.3 is 0 Å². The minimum absolute atomic E-state index is 0.0660. The highest BCUT2D eigenvalue weighted by Crippen LogP contribution is 2.25. The quantitative estimate of drug-likeness (QED) is 0.534. The number of amides is 1. The number of para-hydroxylation sites is 1. The van der Waals surface area contributed by atoms with Crippen LogP contribution in [0.4, 0.5) is 5.13 Å². The van der Waals surface area contributed by atoms with E-state index in [0.29, 0.717) is 21.8 Å². The molecule has 4 nitrogen and oxygen atoms in total. The summed E-state index contributed by atoms with van der Waals surface area (Å²) >= 11 is 1.43. The number of hydrogen-bond acceptors (Lipinski definition) is 4. The van der Waals surface area contributed by atoms with Gasteiger partial charge in [0.25, 0.3) is 5.91 Å². The standard InChI is InChI=1S/C21H14N2O2S/c24-19(14-6-2-1-3-7-14)15-10-12-16(13-11-15)20(25)23-21-22-17-8-4-5-9-18(17)26-21/h1-13H,(H,22,23,25). The summed E-state index contributed by atoms with van der Waals surface area (Å²) in [5.74, 6) is -0.313. The van der Waals surface area contributed by atoms with Crippen LogP contribution in [-0.4, -0.2) is 16.7 Å². The zero-order chi connectivity index (χ0) is 17.9. The summed E-state index contributed by atoms with van der Waals surface area (Å²) in [5, 5.41) is 3.37. The lowest BCUT2D eigenvalue weighted by Gasteiger charge is -2.04. The van der Waals surface area contributed by atoms with E-state index in [9.17, 15) is 9.59 Å². The van der Waals surface area contributed by atoms with Crippen molar-refractivity contribution in [3.05, 3.63) is 95.6 Å². The minimum Gasteiger partial charge on any atom is -0.298 e. The normalized spacial score (nSPS) is 10.6. The van der Waals surface area contributed by atoms with Gasteiger partial charge in [-0.25, -0.2) is 4.98 Å². The number of rotatable bonds is 4. The Labute approximate surface area is 154 Å². The van der Waals surface area contributed by atoms with Gasteiger partial charge in [-0.3, -0.25) is 14.9 Å². The van der Waals surface area contributed by atoms with Crippen LogP contribution in [0.5, 0.6) is 0 Å². The van der Waals surface area contributed by atoms with E-state index in [1.54, 1.807) is 36.4 Å². The molecular weight excluding hydrogens is 344 g/mol. The number of carbonyl (C=O) groups excluding carboxylic acids is 2. The Hall–Kier alpha value is -3.31. The van der Waals surface area contributed by atoms with E-state index in [1.807, 2.05) is 42.5 Å². The number of aromatic nitrogens is 1. The Morgan fingerprint density at radius 1 is 0.731 bits per heavy atom. The van der Waals surface area contributed by atoms with Crippen LogP contribution in [0.3, 0.4) is 0 Å². The predicted octanol–water partition coefficient (Wildman–Crippen LogP) is 4.78. The Morgan fingerprint density at radius 2 is 1.35 bits per heavy atom. The topological polar surface area (TPSA) is 59.1 Å². The zero-order valence-electron chi connectivity index (χ0n) is 13.7. The van der Waals surface area contributed by atoms with Gasteiger partial charge in [0.15, 0.2) is 10.9 Å². The zero-order valence-corrected chi connectivity index (χ0v) is 14.5. The van der Waals surface area contributed by atoms with Gasteiger partial charge in [0, 0.05) is 16.7 Å². The summed E-state index contributed by atoms with van der Waals surface area (Å²) < 4.78 is 1.02. The van der Waals surface area contributed by atoms with Crippen LogP contribution in [0.15, 0.2) is 78.9 Å². The maximum atomic E-state index is 12.4. The van der Waals surface area contributed by atoms with Gasteiger partial charge < -0.3 is 0 Å². The highest BCUT2D eigenvalue weighted by molar-refractivity contribution is 7.22. The van der Waals surface area contributed by atoms with E-state index in [4.69, 9.17) is 0 Å². The molecule has 0 radical (unpaired) electrons. The second kappa shape index (κ2) is 6.90. The predicted molar refractivity (Wildman–Crippen MR) is 104 cm³/mol. The third kappa shape index (κ3) is 3.25. The molecule has 126 valence electrons. The van der Waals surface area contributed by atoms with E-state index in [-0.39, 0.29) is 11.7 Å². The molecule has 1 heterocycles. The van der Waals surface area contributed by atoms with Crippen molar-refractivity contribution < 1.29 is 9.59 Å². The van der Waals surface area contributed by atoms with Crippen LogP contribution in [0.25, 0.3) is 10.2 Å². The molecule has 0 saturated carbocycles. The number of hydrogen-bond donors (Lipinski definition) is 1. The third-order valence-corrected chi connectivity index (χ3v) is 4.91. The molecule has 0 aliphatic carbocycles. The molecule has 0 unspecified atom stereocenters. The van der Waals surface area contributed by atoms with Crippen LogP contribution in [0.2, 0.25) is 0 Å². The smallest absolute Gasteiger partial charge is 0.257 e. The first-order valence-electron chi connectivity index (χ1n) is 8.07. The van der Waals surface area contributed by atoms with Crippen molar-refractivity contribution in [2.75, 3.05) is 5.32 Å². The van der Waals surface area contributed by atoms with Crippen molar-refractivity contribution in [1.82, 2.24) is 4.98 Å². The number of thiazole rings is 1. The highest BCUT2D eigenvalue weighted by Gasteiger charge is 2.12. The van der Waals surface area contributed by atoms with Crippen LogP contribution in [0.1, 0.15) is 26.3 Å². The van der Waals surface area contributed by atoms with Gasteiger partial charge in [-0.15, -0.1) is 0 Å². The van der Waals surface area contributed by atoms with E-state index < -0.39 is 0 Å². The average molecular weight is 358 g/mol. The highest BCUT2D eigenvalue weighted by atomic mass is 32.1. The van der Waals surface area contributed by atoms with E-state index >= 15 is 0 Å². The van der Waals surface area contributed by atoms with Crippen LogP contribution < -0.4 is 5.32 Å². The van der Waals surface area contributed by atoms with Crippen molar-refractivity contribution in [3.8, 4) is 0 Å². The lowest BCUT2D eigenvalue weighted by atomic mass is 10.0. The molecule has 0 fully saturated rings. The fourth-order valence-electron chi connectivity index (χ4n) is 2.62. The molecule has 0 spiro atoms. The Balaban J connectivity index is 1.51. The molecule has 1 amide bonds. The lowest BCUT2D eigenvalue weighted by Crippen LogP contribution is -2.12. The summed E-state index contributed by atoms with van der Waals surface area (Å²) in [6.07, 6.45) is 0. The first-order valence-corrected chi connectivity index (χ1v) is 8.89. The maximum Gasteiger partial charge on any atom is 0.257 e. The summed E-state index contributed by atoms with van der Waals surface area (Å²) in [4.78, 5) is 29.2. The van der Waals surface area contributed by atoms with Crippen molar-refractivity contribution in [1.29, 1.82) is 0 Å². The van der Waals surface area contributed by atoms with Gasteiger partial charge in [-0.05, 0) is 24.3 Å². The van der Waals surface area contributed by atoms with Gasteiger partial charge in [0.1, 0.15) is 0 Å². The van der Waals surface area contributed by atoms with E-state index in [2.05, 4.69) is 10.3 Å². The average Bonchev–Trinajstić information content (AvgIpc) is 3.10. The lowest BCUT2D eigenvalue weighted by molar-refractivity contribution is 0.102. The maximum absolute atomic E-state index is 12.4. The first-order chi connectivity index (χ1) is 12.7. The van der Waals surface area contributed by atoms with Gasteiger partial charge in [-0.1, -0.05) is 65.9 Å². The molecule has 0 saturated heterocycles. The summed E-state index contributed by atoms with van der Waals surface area (Å²) in [6.45, 7) is 0. The molecule has 3 aromatic carbocycles. The van der Waals surface area contributed by atoms with Crippen LogP contribution in [-0.2, 0) is 0 Å². The summed E-state index contributed by atoms with van der Waals surface area (Å²) in [7, 11) is 0. The molecule has 1 aromatic heterocycles. The second-order valence-corrected chi connectivity index (χ2v) is 6.74. The van der Waals surface area contributed by atoms with Crippen LogP contribution in [0, 0.1) is 0 Å². The molecule has 26 heavy (non-hydrogen) atoms. The van der Waals surface area contributed by atoms with E-state index in [0.717, 1.165) is 10.2 Å². The molecular formula is C21H14N2O2S. The SMILES string of the molecule is O=C(Nc1nc2ccccc2s1)c1ccc(C(=O)c2ccccc2)cc1. The molecule has 0 atom stereocenters. The van der Waals surface area contributed by atoms with E-state index in [1.165, 1.54) is 11.3 Å². The van der Waals surface area contributed by atoms with Gasteiger partial charge in [0.05, 0.1) is 10.2 Å². The van der Waals surface area contributed by atoms with Gasteiger partial charge in [-0.2, -0.15) is 0 Å². The summed E-state index contributed by atoms with van der Waals surface area (Å²) in [5.41, 5.74) is 2.51. The second-order valence-electron chi connectivity index (χ2n) is 5.71. The van der Waals surface area contributed by atoms with Crippen molar-refractivity contribution in [2.24, 2.45) is 0 Å². The molecule has 0 bridgehead atoms. The monoisotopic (exact) mass is 358 g/mol. The number of carbonyl (C=O) groups is 2. The fraction of sp³-hybridized carbons (Fsp3) is 0. The minimum atomic E-state index is -0.247. The summed E-state index contributed by atoms with van der Waals surface area (Å²) in [6, 6.07) is 23.4. The number of benzene rings is 3. The Bertz CT molecular complexity index is 1050.